The van der Waals surface area contributed by atoms with Gasteiger partial charge in [-0.25, -0.2) is 0 Å². The minimum Gasteiger partial charge on any atom is -0.481 e. The zero-order chi connectivity index (χ0) is 13.4. The van der Waals surface area contributed by atoms with Gasteiger partial charge in [-0.15, -0.1) is 0 Å². The van der Waals surface area contributed by atoms with Crippen LogP contribution in [-0.4, -0.2) is 22.1 Å². The van der Waals surface area contributed by atoms with E-state index in [1.165, 1.54) is 6.26 Å². The smallest absolute Gasteiger partial charge is 0.307 e. The summed E-state index contributed by atoms with van der Waals surface area (Å²) >= 11 is 0. The van der Waals surface area contributed by atoms with Crippen molar-refractivity contribution in [3.05, 3.63) is 30.2 Å². The summed E-state index contributed by atoms with van der Waals surface area (Å²) in [4.78, 5) is 23.5. The van der Waals surface area contributed by atoms with Crippen LogP contribution in [0.15, 0.2) is 29.0 Å². The highest BCUT2D eigenvalue weighted by molar-refractivity contribution is 5.86. The predicted molar refractivity (Wildman–Crippen MR) is 63.7 cm³/mol. The van der Waals surface area contributed by atoms with Crippen molar-refractivity contribution in [2.75, 3.05) is 0 Å². The van der Waals surface area contributed by atoms with E-state index < -0.39 is 17.8 Å². The Kier molecular flexibility index (Phi) is 2.85. The highest BCUT2D eigenvalue weighted by Gasteiger charge is 2.51. The fourth-order valence-corrected chi connectivity index (χ4v) is 3.14. The van der Waals surface area contributed by atoms with Crippen molar-refractivity contribution < 1.29 is 19.2 Å². The number of amides is 1. The van der Waals surface area contributed by atoms with Gasteiger partial charge < -0.3 is 14.9 Å². The molecule has 2 N–H and O–H groups in total. The highest BCUT2D eigenvalue weighted by Crippen LogP contribution is 2.48. The summed E-state index contributed by atoms with van der Waals surface area (Å²) in [6.07, 6.45) is 6.08. The van der Waals surface area contributed by atoms with Gasteiger partial charge in [0.1, 0.15) is 12.0 Å². The Morgan fingerprint density at radius 2 is 2.11 bits per heavy atom. The second-order valence-corrected chi connectivity index (χ2v) is 5.05. The number of nitrogens with one attached hydrogen (secondary N) is 1. The molecule has 2 unspecified atom stereocenters. The summed E-state index contributed by atoms with van der Waals surface area (Å²) in [5, 5.41) is 15.7. The molecule has 3 rings (SSSR count). The van der Waals surface area contributed by atoms with E-state index in [4.69, 9.17) is 0 Å². The van der Waals surface area contributed by atoms with Crippen LogP contribution < -0.4 is 5.32 Å². The van der Waals surface area contributed by atoms with Crippen LogP contribution in [0.4, 0.5) is 0 Å². The van der Waals surface area contributed by atoms with Gasteiger partial charge in [-0.1, -0.05) is 17.3 Å². The van der Waals surface area contributed by atoms with Crippen molar-refractivity contribution >= 4 is 11.9 Å². The first-order valence-corrected chi connectivity index (χ1v) is 6.25. The van der Waals surface area contributed by atoms with Crippen LogP contribution in [0.25, 0.3) is 0 Å². The molecule has 1 amide bonds. The molecule has 1 aromatic rings. The first-order valence-electron chi connectivity index (χ1n) is 6.25. The Morgan fingerprint density at radius 3 is 2.74 bits per heavy atom. The lowest BCUT2D eigenvalue weighted by molar-refractivity contribution is -0.147. The van der Waals surface area contributed by atoms with E-state index in [0.717, 1.165) is 6.42 Å². The number of allylic oxidation sites excluding steroid dienone is 2. The van der Waals surface area contributed by atoms with E-state index >= 15 is 0 Å². The maximum Gasteiger partial charge on any atom is 0.307 e. The summed E-state index contributed by atoms with van der Waals surface area (Å²) in [6.45, 7) is 0.263. The molecule has 1 saturated carbocycles. The van der Waals surface area contributed by atoms with Crippen molar-refractivity contribution in [3.8, 4) is 0 Å². The van der Waals surface area contributed by atoms with Crippen LogP contribution in [0.3, 0.4) is 0 Å². The topological polar surface area (TPSA) is 92.4 Å². The van der Waals surface area contributed by atoms with Crippen LogP contribution in [0, 0.1) is 23.7 Å². The molecule has 19 heavy (non-hydrogen) atoms. The fraction of sp³-hybridized carbons (Fsp3) is 0.462. The van der Waals surface area contributed by atoms with Crippen molar-refractivity contribution in [1.82, 2.24) is 10.5 Å². The molecule has 6 heteroatoms. The molecule has 0 radical (unpaired) electrons. The van der Waals surface area contributed by atoms with Crippen LogP contribution in [0.1, 0.15) is 12.1 Å². The van der Waals surface area contributed by atoms with Crippen LogP contribution >= 0.6 is 0 Å². The van der Waals surface area contributed by atoms with Crippen LogP contribution in [-0.2, 0) is 16.1 Å². The molecule has 0 saturated heterocycles. The molecule has 4 atom stereocenters. The number of hydrogen-bond acceptors (Lipinski definition) is 4. The Balaban J connectivity index is 1.68. The van der Waals surface area contributed by atoms with Gasteiger partial charge in [0.25, 0.3) is 0 Å². The van der Waals surface area contributed by atoms with Gasteiger partial charge in [0.15, 0.2) is 0 Å². The van der Waals surface area contributed by atoms with Crippen molar-refractivity contribution in [1.29, 1.82) is 0 Å². The number of nitrogens with zero attached hydrogens (tertiary/aromatic N) is 1. The zero-order valence-electron chi connectivity index (χ0n) is 10.2. The van der Waals surface area contributed by atoms with E-state index in [9.17, 15) is 14.7 Å². The molecule has 2 bridgehead atoms. The quantitative estimate of drug-likeness (QED) is 0.783. The summed E-state index contributed by atoms with van der Waals surface area (Å²) in [5.74, 6) is -2.15. The lowest BCUT2D eigenvalue weighted by Crippen LogP contribution is -2.39. The Labute approximate surface area is 109 Å². The molecule has 6 nitrogen and oxygen atoms in total. The Morgan fingerprint density at radius 1 is 1.37 bits per heavy atom. The molecule has 2 aliphatic carbocycles. The molecule has 0 aromatic carbocycles. The third-order valence-electron chi connectivity index (χ3n) is 3.98. The largest absolute Gasteiger partial charge is 0.481 e. The van der Waals surface area contributed by atoms with E-state index in [1.54, 1.807) is 6.07 Å². The maximum absolute atomic E-state index is 12.2. The van der Waals surface area contributed by atoms with Gasteiger partial charge in [0, 0.05) is 6.07 Å². The molecular formula is C13H14N2O4. The van der Waals surface area contributed by atoms with Gasteiger partial charge in [-0.3, -0.25) is 9.59 Å². The van der Waals surface area contributed by atoms with Gasteiger partial charge in [-0.2, -0.15) is 0 Å². The average molecular weight is 262 g/mol. The van der Waals surface area contributed by atoms with Crippen molar-refractivity contribution in [3.63, 3.8) is 0 Å². The number of fused-ring (bicyclic) bond motifs is 2. The second-order valence-electron chi connectivity index (χ2n) is 5.05. The number of carboxylic acid groups (broad SMARTS) is 1. The Hall–Kier alpha value is -2.11. The van der Waals surface area contributed by atoms with Crippen molar-refractivity contribution in [2.24, 2.45) is 23.7 Å². The summed E-state index contributed by atoms with van der Waals surface area (Å²) in [6, 6.07) is 1.66. The first kappa shape index (κ1) is 12.0. The molecule has 0 spiro atoms. The molecule has 0 aliphatic heterocycles. The normalized spacial score (nSPS) is 31.6. The number of carbonyl (C=O) groups is 2. The monoisotopic (exact) mass is 262 g/mol. The third kappa shape index (κ3) is 2.03. The lowest BCUT2D eigenvalue weighted by atomic mass is 9.82. The number of aromatic nitrogens is 1. The maximum atomic E-state index is 12.2. The van der Waals surface area contributed by atoms with Gasteiger partial charge in [-0.05, 0) is 18.3 Å². The van der Waals surface area contributed by atoms with Crippen molar-refractivity contribution in [2.45, 2.75) is 13.0 Å². The second kappa shape index (κ2) is 4.53. The minimum atomic E-state index is -0.890. The Bertz CT molecular complexity index is 523. The number of rotatable bonds is 4. The molecule has 1 fully saturated rings. The number of carbonyl (C=O) groups excluding carboxylic acids is 1. The first-order chi connectivity index (χ1) is 9.16. The standard InChI is InChI=1S/C13H14N2O4/c16-12(14-6-9-3-4-19-15-9)10-7-1-2-8(5-7)11(10)13(17)18/h1-4,7-8,10-11H,5-6H2,(H,14,16)(H,17,18)/t7?,8?,10-,11+/m0/s1. The molecule has 1 aromatic heterocycles. The van der Waals surface area contributed by atoms with E-state index in [2.05, 4.69) is 15.0 Å². The van der Waals surface area contributed by atoms with E-state index in [1.807, 2.05) is 12.2 Å². The molecule has 1 heterocycles. The van der Waals surface area contributed by atoms with E-state index in [0.29, 0.717) is 5.69 Å². The van der Waals surface area contributed by atoms with Crippen LogP contribution in [0.5, 0.6) is 0 Å². The minimum absolute atomic E-state index is 0.00898. The van der Waals surface area contributed by atoms with Gasteiger partial charge in [0.2, 0.25) is 5.91 Å². The average Bonchev–Trinajstić information content (AvgIpc) is 3.10. The summed E-state index contributed by atoms with van der Waals surface area (Å²) in [7, 11) is 0. The lowest BCUT2D eigenvalue weighted by Gasteiger charge is -2.23. The fourth-order valence-electron chi connectivity index (χ4n) is 3.14. The van der Waals surface area contributed by atoms with Gasteiger partial charge in [0.05, 0.1) is 18.4 Å². The zero-order valence-corrected chi connectivity index (χ0v) is 10.2. The SMILES string of the molecule is O=C(O)[C@@H]1C2C=CC(C2)[C@@H]1C(=O)NCc1ccon1. The number of hydrogen-bond donors (Lipinski definition) is 2. The van der Waals surface area contributed by atoms with Crippen LogP contribution in [0.2, 0.25) is 0 Å². The number of carboxylic acids is 1. The third-order valence-corrected chi connectivity index (χ3v) is 3.98. The van der Waals surface area contributed by atoms with Gasteiger partial charge >= 0.3 is 5.97 Å². The molecular weight excluding hydrogens is 248 g/mol. The summed E-state index contributed by atoms with van der Waals surface area (Å²) in [5.41, 5.74) is 0.624. The highest BCUT2D eigenvalue weighted by atomic mass is 16.5. The molecule has 100 valence electrons. The number of aliphatic carboxylic acids is 1. The predicted octanol–water partition coefficient (Wildman–Crippen LogP) is 0.814. The van der Waals surface area contributed by atoms with E-state index in [-0.39, 0.29) is 24.3 Å². The summed E-state index contributed by atoms with van der Waals surface area (Å²) < 4.78 is 4.67. The molecule has 2 aliphatic rings.